The summed E-state index contributed by atoms with van der Waals surface area (Å²) < 4.78 is 0. The van der Waals surface area contributed by atoms with Gasteiger partial charge in [-0.2, -0.15) is 0 Å². The van der Waals surface area contributed by atoms with Crippen molar-refractivity contribution >= 4 is 23.8 Å². The number of urea groups is 1. The third kappa shape index (κ3) is 3.39. The number of aliphatic carboxylic acids is 1. The van der Waals surface area contributed by atoms with Crippen LogP contribution in [-0.4, -0.2) is 45.2 Å². The molecule has 2 N–H and O–H groups in total. The maximum Gasteiger partial charge on any atom is 0.327 e. The van der Waals surface area contributed by atoms with Gasteiger partial charge in [0.05, 0.1) is 5.37 Å². The lowest BCUT2D eigenvalue weighted by atomic mass is 10.2. The maximum atomic E-state index is 12.0. The lowest BCUT2D eigenvalue weighted by molar-refractivity contribution is -0.141. The van der Waals surface area contributed by atoms with E-state index in [1.165, 1.54) is 16.7 Å². The van der Waals surface area contributed by atoms with Gasteiger partial charge < -0.3 is 10.4 Å². The number of nitrogens with zero attached hydrogens (tertiary/aromatic N) is 1. The summed E-state index contributed by atoms with van der Waals surface area (Å²) in [6.45, 7) is 7.30. The van der Waals surface area contributed by atoms with Crippen molar-refractivity contribution in [1.82, 2.24) is 10.2 Å². The second kappa shape index (κ2) is 5.95. The summed E-state index contributed by atoms with van der Waals surface area (Å²) >= 11 is 1.47. The van der Waals surface area contributed by atoms with Crippen LogP contribution >= 0.6 is 11.8 Å². The van der Waals surface area contributed by atoms with Crippen LogP contribution in [0.25, 0.3) is 0 Å². The van der Waals surface area contributed by atoms with Gasteiger partial charge in [0.15, 0.2) is 0 Å². The summed E-state index contributed by atoms with van der Waals surface area (Å²) in [7, 11) is 0. The molecule has 96 valence electrons. The van der Waals surface area contributed by atoms with Crippen LogP contribution in [0.3, 0.4) is 0 Å². The van der Waals surface area contributed by atoms with E-state index in [2.05, 4.69) is 11.9 Å². The summed E-state index contributed by atoms with van der Waals surface area (Å²) in [6, 6.07) is -1.08. The molecule has 0 bridgehead atoms. The third-order valence-corrected chi connectivity index (χ3v) is 3.85. The molecule has 2 amide bonds. The van der Waals surface area contributed by atoms with Crippen LogP contribution in [0.5, 0.6) is 0 Å². The van der Waals surface area contributed by atoms with Crippen molar-refractivity contribution in [3.8, 4) is 0 Å². The van der Waals surface area contributed by atoms with Crippen molar-refractivity contribution in [3.63, 3.8) is 0 Å². The Labute approximate surface area is 105 Å². The standard InChI is InChI=1S/C11H18N2O3S/c1-4-5-7(2)12-11(16)13-8(3)17-6-9(13)10(14)15/h4,7-9H,1,5-6H2,2-3H3,(H,12,16)(H,14,15). The molecular weight excluding hydrogens is 240 g/mol. The number of carboxylic acid groups (broad SMARTS) is 1. The largest absolute Gasteiger partial charge is 0.480 e. The number of carbonyl (C=O) groups excluding carboxylic acids is 1. The Hall–Kier alpha value is -1.17. The van der Waals surface area contributed by atoms with Gasteiger partial charge in [0.2, 0.25) is 0 Å². The zero-order chi connectivity index (χ0) is 13.0. The summed E-state index contributed by atoms with van der Waals surface area (Å²) in [4.78, 5) is 24.4. The first-order valence-corrected chi connectivity index (χ1v) is 6.56. The Kier molecular flexibility index (Phi) is 4.86. The molecular formula is C11H18N2O3S. The van der Waals surface area contributed by atoms with E-state index in [1.807, 2.05) is 13.8 Å². The van der Waals surface area contributed by atoms with Crippen molar-refractivity contribution in [2.75, 3.05) is 5.75 Å². The van der Waals surface area contributed by atoms with Crippen molar-refractivity contribution in [2.45, 2.75) is 37.7 Å². The number of rotatable bonds is 4. The highest BCUT2D eigenvalue weighted by Gasteiger charge is 2.39. The molecule has 0 saturated carbocycles. The van der Waals surface area contributed by atoms with Crippen LogP contribution in [0, 0.1) is 0 Å². The number of nitrogens with one attached hydrogen (secondary N) is 1. The molecule has 5 nitrogen and oxygen atoms in total. The van der Waals surface area contributed by atoms with Gasteiger partial charge in [0.1, 0.15) is 6.04 Å². The molecule has 3 atom stereocenters. The van der Waals surface area contributed by atoms with Gasteiger partial charge in [-0.1, -0.05) is 6.08 Å². The van der Waals surface area contributed by atoms with Gasteiger partial charge in [0, 0.05) is 11.8 Å². The number of hydrogen-bond acceptors (Lipinski definition) is 3. The molecule has 0 aromatic heterocycles. The van der Waals surface area contributed by atoms with Crippen LogP contribution in [-0.2, 0) is 4.79 Å². The first-order valence-electron chi connectivity index (χ1n) is 5.51. The maximum absolute atomic E-state index is 12.0. The Morgan fingerprint density at radius 2 is 2.35 bits per heavy atom. The molecule has 1 heterocycles. The fourth-order valence-electron chi connectivity index (χ4n) is 1.74. The van der Waals surface area contributed by atoms with E-state index < -0.39 is 12.0 Å². The van der Waals surface area contributed by atoms with Gasteiger partial charge >= 0.3 is 12.0 Å². The number of hydrogen-bond donors (Lipinski definition) is 2. The molecule has 3 unspecified atom stereocenters. The number of thioether (sulfide) groups is 1. The minimum Gasteiger partial charge on any atom is -0.480 e. The second-order valence-corrected chi connectivity index (χ2v) is 5.42. The predicted octanol–water partition coefficient (Wildman–Crippen LogP) is 1.51. The third-order valence-electron chi connectivity index (χ3n) is 2.63. The minimum absolute atomic E-state index is 0.0350. The smallest absolute Gasteiger partial charge is 0.327 e. The van der Waals surface area contributed by atoms with Gasteiger partial charge in [-0.25, -0.2) is 9.59 Å². The van der Waals surface area contributed by atoms with Crippen molar-refractivity contribution in [3.05, 3.63) is 12.7 Å². The topological polar surface area (TPSA) is 69.6 Å². The highest BCUT2D eigenvalue weighted by Crippen LogP contribution is 2.28. The number of carboxylic acids is 1. The summed E-state index contributed by atoms with van der Waals surface area (Å²) in [5, 5.41) is 11.7. The molecule has 1 rings (SSSR count). The summed E-state index contributed by atoms with van der Waals surface area (Å²) in [5.74, 6) is -0.506. The quantitative estimate of drug-likeness (QED) is 0.750. The van der Waals surface area contributed by atoms with Crippen molar-refractivity contribution in [2.24, 2.45) is 0 Å². The monoisotopic (exact) mass is 258 g/mol. The average Bonchev–Trinajstić information content (AvgIpc) is 2.60. The Balaban J connectivity index is 2.65. The molecule has 1 fully saturated rings. The molecule has 1 saturated heterocycles. The van der Waals surface area contributed by atoms with Crippen molar-refractivity contribution < 1.29 is 14.7 Å². The molecule has 0 aromatic rings. The van der Waals surface area contributed by atoms with Crippen LogP contribution in [0.1, 0.15) is 20.3 Å². The molecule has 0 aromatic carbocycles. The van der Waals surface area contributed by atoms with E-state index in [0.29, 0.717) is 12.2 Å². The van der Waals surface area contributed by atoms with Crippen LogP contribution < -0.4 is 5.32 Å². The minimum atomic E-state index is -0.951. The molecule has 1 aliphatic rings. The fraction of sp³-hybridized carbons (Fsp3) is 0.636. The number of amides is 2. The first kappa shape index (κ1) is 13.9. The van der Waals surface area contributed by atoms with Gasteiger partial charge in [-0.05, 0) is 20.3 Å². The molecule has 17 heavy (non-hydrogen) atoms. The van der Waals surface area contributed by atoms with E-state index in [1.54, 1.807) is 6.08 Å². The van der Waals surface area contributed by atoms with E-state index in [9.17, 15) is 9.59 Å². The lowest BCUT2D eigenvalue weighted by Gasteiger charge is -2.26. The molecule has 1 aliphatic heterocycles. The predicted molar refractivity (Wildman–Crippen MR) is 68.0 cm³/mol. The highest BCUT2D eigenvalue weighted by molar-refractivity contribution is 8.00. The normalized spacial score (nSPS) is 25.4. The van der Waals surface area contributed by atoms with Crippen LogP contribution in [0.4, 0.5) is 4.79 Å². The van der Waals surface area contributed by atoms with E-state index >= 15 is 0 Å². The summed E-state index contributed by atoms with van der Waals surface area (Å²) in [5.41, 5.74) is 0. The van der Waals surface area contributed by atoms with Gasteiger partial charge in [-0.15, -0.1) is 18.3 Å². The first-order chi connectivity index (χ1) is 7.97. The van der Waals surface area contributed by atoms with E-state index in [0.717, 1.165) is 0 Å². The highest BCUT2D eigenvalue weighted by atomic mass is 32.2. The number of carbonyl (C=O) groups is 2. The Morgan fingerprint density at radius 3 is 2.88 bits per heavy atom. The zero-order valence-electron chi connectivity index (χ0n) is 10.0. The SMILES string of the molecule is C=CCC(C)NC(=O)N1C(C)SCC1C(=O)O. The zero-order valence-corrected chi connectivity index (χ0v) is 10.9. The molecule has 0 spiro atoms. The fourth-order valence-corrected chi connectivity index (χ4v) is 2.90. The van der Waals surface area contributed by atoms with E-state index in [4.69, 9.17) is 5.11 Å². The Morgan fingerprint density at radius 1 is 1.71 bits per heavy atom. The van der Waals surface area contributed by atoms with Gasteiger partial charge in [0.25, 0.3) is 0 Å². The van der Waals surface area contributed by atoms with E-state index in [-0.39, 0.29) is 17.4 Å². The average molecular weight is 258 g/mol. The summed E-state index contributed by atoms with van der Waals surface area (Å²) in [6.07, 6.45) is 2.39. The Bertz CT molecular complexity index is 322. The van der Waals surface area contributed by atoms with Gasteiger partial charge in [-0.3, -0.25) is 4.90 Å². The van der Waals surface area contributed by atoms with Crippen molar-refractivity contribution in [1.29, 1.82) is 0 Å². The second-order valence-electron chi connectivity index (χ2n) is 4.07. The molecule has 0 aliphatic carbocycles. The lowest BCUT2D eigenvalue weighted by Crippen LogP contribution is -2.51. The van der Waals surface area contributed by atoms with Crippen LogP contribution in [0.15, 0.2) is 12.7 Å². The van der Waals surface area contributed by atoms with Crippen LogP contribution in [0.2, 0.25) is 0 Å². The molecule has 6 heteroatoms. The molecule has 0 radical (unpaired) electrons.